The van der Waals surface area contributed by atoms with Crippen molar-refractivity contribution in [2.24, 2.45) is 0 Å². The number of aromatic amines is 2. The first-order valence-electron chi connectivity index (χ1n) is 6.78. The molecule has 0 spiro atoms. The fraction of sp³-hybridized carbons (Fsp3) is 0.333. The number of hydrogen-bond donors (Lipinski definition) is 3. The van der Waals surface area contributed by atoms with E-state index in [2.05, 4.69) is 29.4 Å². The molecule has 0 aliphatic carbocycles. The second-order valence-corrected chi connectivity index (χ2v) is 6.09. The first-order chi connectivity index (χ1) is 10.0. The van der Waals surface area contributed by atoms with Crippen LogP contribution in [0.4, 0.5) is 5.69 Å². The van der Waals surface area contributed by atoms with Crippen molar-refractivity contribution in [1.82, 2.24) is 10.2 Å². The summed E-state index contributed by atoms with van der Waals surface area (Å²) in [5, 5.41) is 8.08. The number of benzene rings is 1. The van der Waals surface area contributed by atoms with E-state index in [1.807, 2.05) is 24.3 Å². The molecule has 1 heterocycles. The van der Waals surface area contributed by atoms with Crippen molar-refractivity contribution in [3.63, 3.8) is 0 Å². The fourth-order valence-electron chi connectivity index (χ4n) is 1.85. The summed E-state index contributed by atoms with van der Waals surface area (Å²) in [5.74, 6) is 1.38. The van der Waals surface area contributed by atoms with E-state index in [0.29, 0.717) is 17.4 Å². The second kappa shape index (κ2) is 7.17. The Bertz CT molecular complexity index is 643. The van der Waals surface area contributed by atoms with Gasteiger partial charge in [0.25, 0.3) is 5.56 Å². The molecule has 0 fully saturated rings. The Morgan fingerprint density at radius 3 is 2.52 bits per heavy atom. The topological polar surface area (TPSA) is 77.8 Å². The molecule has 1 aromatic heterocycles. The zero-order valence-corrected chi connectivity index (χ0v) is 12.9. The lowest BCUT2D eigenvalue weighted by atomic mass is 10.0. The number of thioether (sulfide) groups is 1. The van der Waals surface area contributed by atoms with Crippen LogP contribution in [0, 0.1) is 0 Å². The zero-order chi connectivity index (χ0) is 15.2. The quantitative estimate of drug-likeness (QED) is 0.768. The summed E-state index contributed by atoms with van der Waals surface area (Å²) < 4.78 is 0. The molecule has 0 saturated heterocycles. The van der Waals surface area contributed by atoms with E-state index in [1.165, 1.54) is 23.4 Å². The SMILES string of the molecule is CC(C)c1ccc(NC(=O)CSCc2cc(=O)[nH][nH]2)cc1. The van der Waals surface area contributed by atoms with Gasteiger partial charge >= 0.3 is 0 Å². The molecule has 0 aliphatic rings. The average Bonchev–Trinajstić information content (AvgIpc) is 2.85. The van der Waals surface area contributed by atoms with Gasteiger partial charge in [-0.3, -0.25) is 14.7 Å². The smallest absolute Gasteiger partial charge is 0.264 e. The van der Waals surface area contributed by atoms with E-state index in [-0.39, 0.29) is 11.5 Å². The molecule has 5 nitrogen and oxygen atoms in total. The Morgan fingerprint density at radius 2 is 1.95 bits per heavy atom. The third-order valence-electron chi connectivity index (χ3n) is 3.00. The minimum Gasteiger partial charge on any atom is -0.325 e. The Balaban J connectivity index is 1.77. The summed E-state index contributed by atoms with van der Waals surface area (Å²) >= 11 is 1.45. The van der Waals surface area contributed by atoms with Gasteiger partial charge < -0.3 is 10.4 Å². The first-order valence-corrected chi connectivity index (χ1v) is 7.94. The molecule has 0 unspecified atom stereocenters. The average molecular weight is 305 g/mol. The lowest BCUT2D eigenvalue weighted by molar-refractivity contribution is -0.113. The number of nitrogens with one attached hydrogen (secondary N) is 3. The van der Waals surface area contributed by atoms with Crippen LogP contribution in [0.15, 0.2) is 35.1 Å². The number of hydrogen-bond acceptors (Lipinski definition) is 3. The highest BCUT2D eigenvalue weighted by Crippen LogP contribution is 2.17. The van der Waals surface area contributed by atoms with Crippen molar-refractivity contribution in [1.29, 1.82) is 0 Å². The van der Waals surface area contributed by atoms with Gasteiger partial charge in [-0.15, -0.1) is 11.8 Å². The highest BCUT2D eigenvalue weighted by atomic mass is 32.2. The molecule has 6 heteroatoms. The number of H-pyrrole nitrogens is 2. The van der Waals surface area contributed by atoms with Gasteiger partial charge in [-0.05, 0) is 23.6 Å². The summed E-state index contributed by atoms with van der Waals surface area (Å²) in [6, 6.07) is 9.38. The minimum absolute atomic E-state index is 0.0461. The van der Waals surface area contributed by atoms with E-state index in [9.17, 15) is 9.59 Å². The Morgan fingerprint density at radius 1 is 1.24 bits per heavy atom. The molecule has 0 bridgehead atoms. The number of rotatable bonds is 6. The fourth-order valence-corrected chi connectivity index (χ4v) is 2.59. The molecule has 1 aromatic carbocycles. The van der Waals surface area contributed by atoms with Gasteiger partial charge in [0.1, 0.15) is 0 Å². The van der Waals surface area contributed by atoms with Gasteiger partial charge in [0, 0.05) is 23.2 Å². The van der Waals surface area contributed by atoms with E-state index in [0.717, 1.165) is 11.4 Å². The lowest BCUT2D eigenvalue weighted by Gasteiger charge is -2.08. The second-order valence-electron chi connectivity index (χ2n) is 5.10. The standard InChI is InChI=1S/C15H19N3O2S/c1-10(2)11-3-5-12(6-4-11)16-15(20)9-21-8-13-7-14(19)18-17-13/h3-7,10H,8-9H2,1-2H3,(H,16,20)(H2,17,18,19). The summed E-state index contributed by atoms with van der Waals surface area (Å²) in [6.07, 6.45) is 0. The van der Waals surface area contributed by atoms with Gasteiger partial charge in [0.15, 0.2) is 0 Å². The normalized spacial score (nSPS) is 10.8. The van der Waals surface area contributed by atoms with Crippen LogP contribution < -0.4 is 10.9 Å². The predicted octanol–water partition coefficient (Wildman–Crippen LogP) is 2.70. The zero-order valence-electron chi connectivity index (χ0n) is 12.1. The number of amides is 1. The van der Waals surface area contributed by atoms with Gasteiger partial charge in [-0.2, -0.15) is 0 Å². The monoisotopic (exact) mass is 305 g/mol. The molecular weight excluding hydrogens is 286 g/mol. The van der Waals surface area contributed by atoms with Crippen LogP contribution >= 0.6 is 11.8 Å². The van der Waals surface area contributed by atoms with Crippen molar-refractivity contribution in [2.45, 2.75) is 25.5 Å². The molecule has 0 atom stereocenters. The summed E-state index contributed by atoms with van der Waals surface area (Å²) in [7, 11) is 0. The third kappa shape index (κ3) is 4.82. The molecule has 1 amide bonds. The maximum atomic E-state index is 11.8. The Hall–Kier alpha value is -1.95. The van der Waals surface area contributed by atoms with Crippen molar-refractivity contribution in [3.05, 3.63) is 51.9 Å². The maximum Gasteiger partial charge on any atom is 0.264 e. The largest absolute Gasteiger partial charge is 0.325 e. The van der Waals surface area contributed by atoms with Gasteiger partial charge in [0.2, 0.25) is 5.91 Å². The molecule has 21 heavy (non-hydrogen) atoms. The maximum absolute atomic E-state index is 11.8. The Kier molecular flexibility index (Phi) is 5.27. The minimum atomic E-state index is -0.153. The van der Waals surface area contributed by atoms with Gasteiger partial charge in [-0.25, -0.2) is 0 Å². The van der Waals surface area contributed by atoms with Crippen LogP contribution in [0.5, 0.6) is 0 Å². The molecule has 0 aliphatic heterocycles. The number of carbonyl (C=O) groups excluding carboxylic acids is 1. The molecular formula is C15H19N3O2S. The third-order valence-corrected chi connectivity index (χ3v) is 3.98. The van der Waals surface area contributed by atoms with Crippen LogP contribution in [0.3, 0.4) is 0 Å². The molecule has 3 N–H and O–H groups in total. The molecule has 2 rings (SSSR count). The van der Waals surface area contributed by atoms with Crippen molar-refractivity contribution in [3.8, 4) is 0 Å². The number of carbonyl (C=O) groups is 1. The summed E-state index contributed by atoms with van der Waals surface area (Å²) in [5.41, 5.74) is 2.69. The summed E-state index contributed by atoms with van der Waals surface area (Å²) in [6.45, 7) is 4.27. The summed E-state index contributed by atoms with van der Waals surface area (Å²) in [4.78, 5) is 22.7. The molecule has 2 aromatic rings. The van der Waals surface area contributed by atoms with Gasteiger partial charge in [-0.1, -0.05) is 26.0 Å². The number of anilines is 1. The van der Waals surface area contributed by atoms with Crippen molar-refractivity contribution >= 4 is 23.4 Å². The van der Waals surface area contributed by atoms with E-state index in [1.54, 1.807) is 0 Å². The molecule has 0 saturated carbocycles. The van der Waals surface area contributed by atoms with Crippen LogP contribution in [-0.4, -0.2) is 21.9 Å². The van der Waals surface area contributed by atoms with Crippen LogP contribution in [0.2, 0.25) is 0 Å². The van der Waals surface area contributed by atoms with Crippen molar-refractivity contribution < 1.29 is 4.79 Å². The highest BCUT2D eigenvalue weighted by Gasteiger charge is 2.05. The molecule has 112 valence electrons. The Labute approximate surface area is 127 Å². The first kappa shape index (κ1) is 15.4. The predicted molar refractivity (Wildman–Crippen MR) is 86.7 cm³/mol. The van der Waals surface area contributed by atoms with Crippen molar-refractivity contribution in [2.75, 3.05) is 11.1 Å². The van der Waals surface area contributed by atoms with E-state index in [4.69, 9.17) is 0 Å². The lowest BCUT2D eigenvalue weighted by Crippen LogP contribution is -2.14. The van der Waals surface area contributed by atoms with Crippen LogP contribution in [0.25, 0.3) is 0 Å². The van der Waals surface area contributed by atoms with Crippen LogP contribution in [-0.2, 0) is 10.5 Å². The highest BCUT2D eigenvalue weighted by molar-refractivity contribution is 7.99. The number of aromatic nitrogens is 2. The van der Waals surface area contributed by atoms with Gasteiger partial charge in [0.05, 0.1) is 5.75 Å². The van der Waals surface area contributed by atoms with E-state index >= 15 is 0 Å². The van der Waals surface area contributed by atoms with Crippen LogP contribution in [0.1, 0.15) is 31.0 Å². The van der Waals surface area contributed by atoms with E-state index < -0.39 is 0 Å². The molecule has 0 radical (unpaired) electrons.